The molecule has 0 bridgehead atoms. The highest BCUT2D eigenvalue weighted by molar-refractivity contribution is 5.71. The van der Waals surface area contributed by atoms with Gasteiger partial charge in [0.15, 0.2) is 6.10 Å². The average Bonchev–Trinajstić information content (AvgIpc) is 3.37. The van der Waals surface area contributed by atoms with E-state index in [1.165, 1.54) is 218 Å². The number of ether oxygens (including phenoxy) is 3. The van der Waals surface area contributed by atoms with Gasteiger partial charge in [-0.3, -0.25) is 14.4 Å². The van der Waals surface area contributed by atoms with Gasteiger partial charge in [-0.25, -0.2) is 0 Å². The minimum atomic E-state index is -0.777. The van der Waals surface area contributed by atoms with E-state index >= 15 is 0 Å². The lowest BCUT2D eigenvalue weighted by Gasteiger charge is -2.18. The van der Waals surface area contributed by atoms with Crippen molar-refractivity contribution < 1.29 is 28.6 Å². The summed E-state index contributed by atoms with van der Waals surface area (Å²) < 4.78 is 16.9. The lowest BCUT2D eigenvalue weighted by atomic mass is 10.0. The number of esters is 3. The molecular weight excluding hydrogens is 877 g/mol. The van der Waals surface area contributed by atoms with Gasteiger partial charge in [0.2, 0.25) is 0 Å². The van der Waals surface area contributed by atoms with Gasteiger partial charge in [-0.1, -0.05) is 282 Å². The maximum Gasteiger partial charge on any atom is 0.306 e. The van der Waals surface area contributed by atoms with E-state index in [0.29, 0.717) is 19.3 Å². The molecule has 0 saturated carbocycles. The first kappa shape index (κ1) is 68.6. The number of carbonyl (C=O) groups excluding carboxylic acids is 3. The minimum absolute atomic E-state index is 0.0739. The van der Waals surface area contributed by atoms with Crippen molar-refractivity contribution in [2.75, 3.05) is 13.2 Å². The summed E-state index contributed by atoms with van der Waals surface area (Å²) in [7, 11) is 0. The van der Waals surface area contributed by atoms with E-state index in [1.54, 1.807) is 0 Å². The fourth-order valence-corrected chi connectivity index (χ4v) is 9.35. The Balaban J connectivity index is 4.29. The van der Waals surface area contributed by atoms with Crippen molar-refractivity contribution in [3.8, 4) is 0 Å². The molecule has 0 aliphatic rings. The topological polar surface area (TPSA) is 78.9 Å². The Bertz CT molecular complexity index is 1190. The standard InChI is InChI=1S/C65H120O6/c1-4-7-10-13-16-19-22-25-28-29-30-31-32-33-34-35-38-40-43-46-49-52-55-58-64(67)70-61-62(71-65(68)59-56-53-50-47-44-41-37-27-24-21-18-15-12-9-6-3)60-69-63(66)57-54-51-48-45-42-39-36-26-23-20-17-14-11-8-5-2/h18,21,27,29-30,37,62H,4-17,19-20,22-26,28,31-36,38-61H2,1-3H3/b21-18-,30-29-,37-27-. The number of allylic oxidation sites excluding steroid dienone is 6. The fourth-order valence-electron chi connectivity index (χ4n) is 9.35. The van der Waals surface area contributed by atoms with Gasteiger partial charge < -0.3 is 14.2 Å². The molecule has 0 amide bonds. The number of unbranched alkanes of at least 4 members (excludes halogenated alkanes) is 41. The first-order chi connectivity index (χ1) is 35.0. The van der Waals surface area contributed by atoms with E-state index in [2.05, 4.69) is 57.2 Å². The Labute approximate surface area is 442 Å². The first-order valence-corrected chi connectivity index (χ1v) is 31.5. The largest absolute Gasteiger partial charge is 0.462 e. The van der Waals surface area contributed by atoms with Gasteiger partial charge >= 0.3 is 17.9 Å². The van der Waals surface area contributed by atoms with Gasteiger partial charge in [-0.2, -0.15) is 0 Å². The highest BCUT2D eigenvalue weighted by Gasteiger charge is 2.19. The molecule has 0 rings (SSSR count). The van der Waals surface area contributed by atoms with E-state index < -0.39 is 6.10 Å². The molecule has 416 valence electrons. The zero-order valence-electron chi connectivity index (χ0n) is 47.8. The number of carbonyl (C=O) groups is 3. The van der Waals surface area contributed by atoms with Crippen LogP contribution < -0.4 is 0 Å². The van der Waals surface area contributed by atoms with Gasteiger partial charge in [-0.05, 0) is 77.0 Å². The minimum Gasteiger partial charge on any atom is -0.462 e. The van der Waals surface area contributed by atoms with E-state index in [1.807, 2.05) is 0 Å². The number of hydrogen-bond acceptors (Lipinski definition) is 6. The van der Waals surface area contributed by atoms with E-state index in [4.69, 9.17) is 14.2 Å². The third kappa shape index (κ3) is 58.4. The van der Waals surface area contributed by atoms with Crippen molar-refractivity contribution in [1.29, 1.82) is 0 Å². The van der Waals surface area contributed by atoms with E-state index in [0.717, 1.165) is 83.5 Å². The van der Waals surface area contributed by atoms with Crippen LogP contribution >= 0.6 is 0 Å². The Kier molecular flexibility index (Phi) is 58.2. The average molecular weight is 998 g/mol. The van der Waals surface area contributed by atoms with Crippen LogP contribution in [0.2, 0.25) is 0 Å². The van der Waals surface area contributed by atoms with Crippen LogP contribution in [-0.2, 0) is 28.6 Å². The summed E-state index contributed by atoms with van der Waals surface area (Å²) in [6, 6.07) is 0. The first-order valence-electron chi connectivity index (χ1n) is 31.5. The second-order valence-electron chi connectivity index (χ2n) is 21.3. The lowest BCUT2D eigenvalue weighted by Crippen LogP contribution is -2.30. The third-order valence-corrected chi connectivity index (χ3v) is 14.1. The highest BCUT2D eigenvalue weighted by Crippen LogP contribution is 2.17. The normalized spacial score (nSPS) is 12.2. The number of hydrogen-bond donors (Lipinski definition) is 0. The van der Waals surface area contributed by atoms with Crippen molar-refractivity contribution in [3.63, 3.8) is 0 Å². The van der Waals surface area contributed by atoms with Crippen LogP contribution in [0.4, 0.5) is 0 Å². The lowest BCUT2D eigenvalue weighted by molar-refractivity contribution is -0.167. The predicted molar refractivity (Wildman–Crippen MR) is 307 cm³/mol. The molecule has 0 radical (unpaired) electrons. The molecule has 0 saturated heterocycles. The van der Waals surface area contributed by atoms with Crippen LogP contribution in [0.25, 0.3) is 0 Å². The Morgan fingerprint density at radius 2 is 0.507 bits per heavy atom. The molecule has 71 heavy (non-hydrogen) atoms. The molecule has 1 unspecified atom stereocenters. The van der Waals surface area contributed by atoms with Gasteiger partial charge in [0.1, 0.15) is 13.2 Å². The summed E-state index contributed by atoms with van der Waals surface area (Å²) in [5.74, 6) is -0.867. The van der Waals surface area contributed by atoms with Crippen LogP contribution in [0.3, 0.4) is 0 Å². The van der Waals surface area contributed by atoms with Crippen LogP contribution in [0.5, 0.6) is 0 Å². The van der Waals surface area contributed by atoms with Crippen molar-refractivity contribution >= 4 is 17.9 Å². The molecule has 0 aromatic heterocycles. The van der Waals surface area contributed by atoms with Crippen molar-refractivity contribution in [2.45, 2.75) is 348 Å². The second kappa shape index (κ2) is 60.2. The second-order valence-corrected chi connectivity index (χ2v) is 21.3. The highest BCUT2D eigenvalue weighted by atomic mass is 16.6. The van der Waals surface area contributed by atoms with Crippen LogP contribution in [0, 0.1) is 0 Å². The maximum absolute atomic E-state index is 12.9. The Hall–Kier alpha value is -2.37. The van der Waals surface area contributed by atoms with E-state index in [-0.39, 0.29) is 31.1 Å². The molecule has 0 heterocycles. The molecule has 0 spiro atoms. The molecule has 0 aliphatic carbocycles. The summed E-state index contributed by atoms with van der Waals surface area (Å²) in [6.07, 6.45) is 72.9. The summed E-state index contributed by atoms with van der Waals surface area (Å²) in [5, 5.41) is 0. The smallest absolute Gasteiger partial charge is 0.306 e. The zero-order valence-corrected chi connectivity index (χ0v) is 47.8. The summed E-state index contributed by atoms with van der Waals surface area (Å²) in [5.41, 5.74) is 0. The molecule has 1 atom stereocenters. The monoisotopic (exact) mass is 997 g/mol. The quantitative estimate of drug-likeness (QED) is 0.0261. The van der Waals surface area contributed by atoms with Crippen molar-refractivity contribution in [1.82, 2.24) is 0 Å². The van der Waals surface area contributed by atoms with Gasteiger partial charge in [0.25, 0.3) is 0 Å². The molecule has 6 nitrogen and oxygen atoms in total. The van der Waals surface area contributed by atoms with Gasteiger partial charge in [0.05, 0.1) is 0 Å². The molecular formula is C65H120O6. The molecule has 0 aromatic rings. The van der Waals surface area contributed by atoms with Crippen LogP contribution in [0.15, 0.2) is 36.5 Å². The summed E-state index contributed by atoms with van der Waals surface area (Å²) in [6.45, 7) is 6.66. The molecule has 0 fully saturated rings. The van der Waals surface area contributed by atoms with Crippen molar-refractivity contribution in [2.24, 2.45) is 0 Å². The van der Waals surface area contributed by atoms with E-state index in [9.17, 15) is 14.4 Å². The third-order valence-electron chi connectivity index (χ3n) is 14.1. The fraction of sp³-hybridized carbons (Fsp3) is 0.862. The Morgan fingerprint density at radius 3 is 0.817 bits per heavy atom. The molecule has 6 heteroatoms. The predicted octanol–water partition coefficient (Wildman–Crippen LogP) is 21.2. The molecule has 0 aliphatic heterocycles. The van der Waals surface area contributed by atoms with Crippen LogP contribution in [-0.4, -0.2) is 37.2 Å². The number of rotatable bonds is 58. The summed E-state index contributed by atoms with van der Waals surface area (Å²) in [4.78, 5) is 38.2. The Morgan fingerprint density at radius 1 is 0.282 bits per heavy atom. The molecule has 0 aromatic carbocycles. The van der Waals surface area contributed by atoms with Crippen molar-refractivity contribution in [3.05, 3.63) is 36.5 Å². The van der Waals surface area contributed by atoms with Gasteiger partial charge in [-0.15, -0.1) is 0 Å². The van der Waals surface area contributed by atoms with Crippen LogP contribution in [0.1, 0.15) is 342 Å². The zero-order chi connectivity index (χ0) is 51.4. The molecule has 0 N–H and O–H groups in total. The SMILES string of the molecule is CCCCC/C=C\C/C=C\CCCCCCCC(=O)OC(COC(=O)CCCCCCCCCCCCC/C=C\CCCCCCCCCC)COC(=O)CCCCCCCCCCCCCCCCC. The maximum atomic E-state index is 12.9. The van der Waals surface area contributed by atoms with Gasteiger partial charge in [0, 0.05) is 19.3 Å². The summed E-state index contributed by atoms with van der Waals surface area (Å²) >= 11 is 0.